The van der Waals surface area contributed by atoms with Crippen molar-refractivity contribution in [1.29, 1.82) is 0 Å². The first-order valence-corrected chi connectivity index (χ1v) is 10.2. The molecule has 0 spiro atoms. The zero-order chi connectivity index (χ0) is 19.3. The second kappa shape index (κ2) is 8.37. The Bertz CT molecular complexity index is 913. The van der Waals surface area contributed by atoms with Crippen LogP contribution in [0.4, 0.5) is 5.69 Å². The van der Waals surface area contributed by atoms with E-state index >= 15 is 0 Å². The van der Waals surface area contributed by atoms with Gasteiger partial charge < -0.3 is 9.64 Å². The number of morpholine rings is 1. The molecule has 7 heteroatoms. The Hall–Kier alpha value is -2.64. The summed E-state index contributed by atoms with van der Waals surface area (Å²) >= 11 is 0. The summed E-state index contributed by atoms with van der Waals surface area (Å²) in [5.74, 6) is -0.687. The third-order valence-corrected chi connectivity index (χ3v) is 5.63. The molecule has 2 aromatic rings. The Morgan fingerprint density at radius 1 is 1.04 bits per heavy atom. The molecule has 0 radical (unpaired) electrons. The zero-order valence-corrected chi connectivity index (χ0v) is 15.9. The van der Waals surface area contributed by atoms with Crippen molar-refractivity contribution in [2.75, 3.05) is 31.2 Å². The summed E-state index contributed by atoms with van der Waals surface area (Å²) in [4.78, 5) is 14.3. The van der Waals surface area contributed by atoms with Crippen LogP contribution >= 0.6 is 0 Å². The third-order valence-electron chi connectivity index (χ3n) is 4.26. The van der Waals surface area contributed by atoms with Crippen LogP contribution in [0, 0.1) is 6.92 Å². The fourth-order valence-corrected chi connectivity index (χ4v) is 3.68. The van der Waals surface area contributed by atoms with E-state index in [-0.39, 0.29) is 4.90 Å². The number of nitrogens with one attached hydrogen (secondary N) is 1. The maximum Gasteiger partial charge on any atom is 0.264 e. The molecule has 0 aliphatic carbocycles. The summed E-state index contributed by atoms with van der Waals surface area (Å²) in [5.41, 5.74) is 2.86. The Morgan fingerprint density at radius 2 is 1.67 bits per heavy atom. The number of hydrogen-bond donors (Lipinski definition) is 1. The van der Waals surface area contributed by atoms with Gasteiger partial charge in [-0.25, -0.2) is 13.1 Å². The summed E-state index contributed by atoms with van der Waals surface area (Å²) in [6, 6.07) is 14.1. The SMILES string of the molecule is Cc1ccc(S(=O)(=O)NC(=O)/C=C/c2ccc(N3CCOCC3)cc2)cc1. The highest BCUT2D eigenvalue weighted by atomic mass is 32.2. The smallest absolute Gasteiger partial charge is 0.264 e. The van der Waals surface area contributed by atoms with Gasteiger partial charge in [0.05, 0.1) is 18.1 Å². The van der Waals surface area contributed by atoms with Crippen LogP contribution in [0.15, 0.2) is 59.5 Å². The number of amides is 1. The number of carbonyl (C=O) groups is 1. The van der Waals surface area contributed by atoms with Crippen molar-refractivity contribution < 1.29 is 17.9 Å². The molecule has 6 nitrogen and oxygen atoms in total. The molecule has 1 amide bonds. The number of nitrogens with zero attached hydrogens (tertiary/aromatic N) is 1. The van der Waals surface area contributed by atoms with Crippen LogP contribution in [0.2, 0.25) is 0 Å². The van der Waals surface area contributed by atoms with Crippen LogP contribution in [0.25, 0.3) is 6.08 Å². The van der Waals surface area contributed by atoms with Gasteiger partial charge in [-0.2, -0.15) is 0 Å². The van der Waals surface area contributed by atoms with E-state index in [1.807, 2.05) is 35.9 Å². The molecule has 0 bridgehead atoms. The Labute approximate surface area is 159 Å². The summed E-state index contributed by atoms with van der Waals surface area (Å²) in [6.07, 6.45) is 2.80. The van der Waals surface area contributed by atoms with Gasteiger partial charge in [-0.1, -0.05) is 29.8 Å². The van der Waals surface area contributed by atoms with E-state index in [0.29, 0.717) is 0 Å². The average molecular weight is 386 g/mol. The Balaban J connectivity index is 1.61. The van der Waals surface area contributed by atoms with Gasteiger partial charge in [0.25, 0.3) is 15.9 Å². The lowest BCUT2D eigenvalue weighted by Crippen LogP contribution is -2.36. The molecule has 0 saturated carbocycles. The van der Waals surface area contributed by atoms with Crippen molar-refractivity contribution >= 4 is 27.7 Å². The van der Waals surface area contributed by atoms with Gasteiger partial charge in [0.15, 0.2) is 0 Å². The first kappa shape index (κ1) is 19.1. The summed E-state index contributed by atoms with van der Waals surface area (Å²) in [7, 11) is -3.87. The highest BCUT2D eigenvalue weighted by Gasteiger charge is 2.15. The number of anilines is 1. The van der Waals surface area contributed by atoms with Crippen LogP contribution in [0.5, 0.6) is 0 Å². The molecule has 1 N–H and O–H groups in total. The topological polar surface area (TPSA) is 75.7 Å². The van der Waals surface area contributed by atoms with Crippen LogP contribution in [0.3, 0.4) is 0 Å². The predicted octanol–water partition coefficient (Wildman–Crippen LogP) is 2.35. The van der Waals surface area contributed by atoms with Crippen molar-refractivity contribution in [2.24, 2.45) is 0 Å². The van der Waals surface area contributed by atoms with Gasteiger partial charge >= 0.3 is 0 Å². The van der Waals surface area contributed by atoms with E-state index in [9.17, 15) is 13.2 Å². The van der Waals surface area contributed by atoms with Gasteiger partial charge in [-0.05, 0) is 42.8 Å². The minimum atomic E-state index is -3.87. The van der Waals surface area contributed by atoms with E-state index < -0.39 is 15.9 Å². The third kappa shape index (κ3) is 5.18. The van der Waals surface area contributed by atoms with Crippen molar-refractivity contribution in [1.82, 2.24) is 4.72 Å². The van der Waals surface area contributed by atoms with Crippen molar-refractivity contribution in [3.63, 3.8) is 0 Å². The van der Waals surface area contributed by atoms with E-state index in [2.05, 4.69) is 4.90 Å². The quantitative estimate of drug-likeness (QED) is 0.799. The number of rotatable bonds is 5. The number of ether oxygens (including phenoxy) is 1. The molecule has 1 saturated heterocycles. The molecular weight excluding hydrogens is 364 g/mol. The average Bonchev–Trinajstić information content (AvgIpc) is 2.67. The number of benzene rings is 2. The largest absolute Gasteiger partial charge is 0.378 e. The lowest BCUT2D eigenvalue weighted by Gasteiger charge is -2.28. The standard InChI is InChI=1S/C20H22N2O4S/c1-16-2-9-19(10-3-16)27(24,25)21-20(23)11-6-17-4-7-18(8-5-17)22-12-14-26-15-13-22/h2-11H,12-15H2,1H3,(H,21,23)/b11-6+. The van der Waals surface area contributed by atoms with E-state index in [4.69, 9.17) is 4.74 Å². The summed E-state index contributed by atoms with van der Waals surface area (Å²) in [5, 5.41) is 0. The van der Waals surface area contributed by atoms with Crippen LogP contribution in [-0.2, 0) is 19.6 Å². The molecule has 3 rings (SSSR count). The molecule has 1 heterocycles. The minimum absolute atomic E-state index is 0.0599. The molecule has 0 atom stereocenters. The van der Waals surface area contributed by atoms with Crippen LogP contribution in [-0.4, -0.2) is 40.6 Å². The summed E-state index contributed by atoms with van der Waals surface area (Å²) in [6.45, 7) is 5.01. The maximum atomic E-state index is 12.2. The fraction of sp³-hybridized carbons (Fsp3) is 0.250. The Morgan fingerprint density at radius 3 is 2.30 bits per heavy atom. The van der Waals surface area contributed by atoms with Gasteiger partial charge in [0.2, 0.25) is 0 Å². The van der Waals surface area contributed by atoms with Crippen molar-refractivity contribution in [3.8, 4) is 0 Å². The van der Waals surface area contributed by atoms with E-state index in [1.165, 1.54) is 18.2 Å². The Kier molecular flexibility index (Phi) is 5.93. The first-order valence-electron chi connectivity index (χ1n) is 8.68. The molecule has 1 fully saturated rings. The number of sulfonamides is 1. The predicted molar refractivity (Wildman–Crippen MR) is 105 cm³/mol. The van der Waals surface area contributed by atoms with Crippen molar-refractivity contribution in [2.45, 2.75) is 11.8 Å². The number of hydrogen-bond acceptors (Lipinski definition) is 5. The van der Waals surface area contributed by atoms with Crippen LogP contribution < -0.4 is 9.62 Å². The number of carbonyl (C=O) groups excluding carboxylic acids is 1. The molecular formula is C20H22N2O4S. The van der Waals surface area contributed by atoms with E-state index in [1.54, 1.807) is 18.2 Å². The van der Waals surface area contributed by atoms with E-state index in [0.717, 1.165) is 43.1 Å². The molecule has 0 aromatic heterocycles. The normalized spacial score (nSPS) is 15.1. The molecule has 2 aromatic carbocycles. The fourth-order valence-electron chi connectivity index (χ4n) is 2.73. The number of aryl methyl sites for hydroxylation is 1. The highest BCUT2D eigenvalue weighted by molar-refractivity contribution is 7.90. The molecule has 0 unspecified atom stereocenters. The van der Waals surface area contributed by atoms with Crippen LogP contribution in [0.1, 0.15) is 11.1 Å². The van der Waals surface area contributed by atoms with Gasteiger partial charge in [0, 0.05) is 24.9 Å². The van der Waals surface area contributed by atoms with Crippen molar-refractivity contribution in [3.05, 3.63) is 65.7 Å². The lowest BCUT2D eigenvalue weighted by atomic mass is 10.1. The first-order chi connectivity index (χ1) is 12.9. The second-order valence-electron chi connectivity index (χ2n) is 6.31. The molecule has 1 aliphatic rings. The summed E-state index contributed by atoms with van der Waals surface area (Å²) < 4.78 is 31.8. The molecule has 27 heavy (non-hydrogen) atoms. The second-order valence-corrected chi connectivity index (χ2v) is 7.99. The lowest BCUT2D eigenvalue weighted by molar-refractivity contribution is -0.114. The minimum Gasteiger partial charge on any atom is -0.378 e. The zero-order valence-electron chi connectivity index (χ0n) is 15.1. The van der Waals surface area contributed by atoms with Gasteiger partial charge in [-0.3, -0.25) is 4.79 Å². The highest BCUT2D eigenvalue weighted by Crippen LogP contribution is 2.17. The van der Waals surface area contributed by atoms with Gasteiger partial charge in [0.1, 0.15) is 0 Å². The molecule has 142 valence electrons. The molecule has 1 aliphatic heterocycles. The van der Waals surface area contributed by atoms with Gasteiger partial charge in [-0.15, -0.1) is 0 Å². The monoisotopic (exact) mass is 386 g/mol. The maximum absolute atomic E-state index is 12.2.